The Labute approximate surface area is 283 Å². The second-order valence-electron chi connectivity index (χ2n) is 10.8. The highest BCUT2D eigenvalue weighted by atomic mass is 32.2. The van der Waals surface area contributed by atoms with Crippen LogP contribution in [0.2, 0.25) is 0 Å². The van der Waals surface area contributed by atoms with Gasteiger partial charge in [0, 0.05) is 28.6 Å². The van der Waals surface area contributed by atoms with Crippen LogP contribution in [-0.2, 0) is 36.8 Å². The first-order valence-electron chi connectivity index (χ1n) is 14.1. The number of hydrogen-bond acceptors (Lipinski definition) is 12. The van der Waals surface area contributed by atoms with Gasteiger partial charge >= 0.3 is 5.97 Å². The van der Waals surface area contributed by atoms with E-state index in [0.29, 0.717) is 22.7 Å². The second-order valence-corrected chi connectivity index (χ2v) is 15.0. The standard InChI is InChI=1S/C31H23N5O11S3/c37-29(38)19-5-1-3-17(11-19)12-28-34-30(32-21-7-9-24-18(13-21)4-2-6-26(24)49(42,43)44)36-31(35-28)33-22-8-10-25-20(14-22)15-23(48(39,40)41)16-27(25)50(45,46)47/h1-11,13-16H,12H2,(H,37,38)(H,39,40,41)(H,42,43,44)(H,45,46,47)(H2,32,33,34,35,36). The normalized spacial score (nSPS) is 12.2. The first kappa shape index (κ1) is 34.3. The summed E-state index contributed by atoms with van der Waals surface area (Å²) < 4.78 is 100. The van der Waals surface area contributed by atoms with Crippen LogP contribution in [0.3, 0.4) is 0 Å². The SMILES string of the molecule is O=C(O)c1cccc(Cc2nc(Nc3ccc4c(S(=O)(=O)O)cccc4c3)nc(Nc3ccc4c(S(=O)(=O)O)cc(S(=O)(=O)O)cc4c3)n2)c1. The third-order valence-electron chi connectivity index (χ3n) is 7.31. The molecule has 256 valence electrons. The van der Waals surface area contributed by atoms with E-state index in [0.717, 1.165) is 6.07 Å². The maximum Gasteiger partial charge on any atom is 0.335 e. The van der Waals surface area contributed by atoms with Gasteiger partial charge in [0.25, 0.3) is 30.4 Å². The molecule has 6 aromatic rings. The van der Waals surface area contributed by atoms with Gasteiger partial charge in [0.15, 0.2) is 0 Å². The number of anilines is 4. The van der Waals surface area contributed by atoms with Crippen molar-refractivity contribution in [1.82, 2.24) is 15.0 Å². The van der Waals surface area contributed by atoms with Crippen molar-refractivity contribution in [2.24, 2.45) is 0 Å². The zero-order valence-corrected chi connectivity index (χ0v) is 27.5. The van der Waals surface area contributed by atoms with Gasteiger partial charge in [-0.1, -0.05) is 36.4 Å². The van der Waals surface area contributed by atoms with Gasteiger partial charge in [-0.2, -0.15) is 40.2 Å². The first-order valence-corrected chi connectivity index (χ1v) is 18.4. The van der Waals surface area contributed by atoms with Gasteiger partial charge in [-0.25, -0.2) is 4.79 Å². The zero-order chi connectivity index (χ0) is 36.0. The minimum atomic E-state index is -4.90. The topological polar surface area (TPSA) is 263 Å². The van der Waals surface area contributed by atoms with Crippen molar-refractivity contribution >= 4 is 81.1 Å². The number of fused-ring (bicyclic) bond motifs is 2. The molecule has 6 N–H and O–H groups in total. The van der Waals surface area contributed by atoms with E-state index in [9.17, 15) is 48.8 Å². The largest absolute Gasteiger partial charge is 0.478 e. The number of carboxylic acid groups (broad SMARTS) is 1. The Kier molecular flexibility index (Phi) is 8.72. The van der Waals surface area contributed by atoms with Gasteiger partial charge in [0.1, 0.15) is 15.6 Å². The van der Waals surface area contributed by atoms with Crippen LogP contribution in [0.25, 0.3) is 21.5 Å². The average Bonchev–Trinajstić information content (AvgIpc) is 3.02. The predicted octanol–water partition coefficient (Wildman–Crippen LogP) is 4.69. The Morgan fingerprint density at radius 3 is 1.76 bits per heavy atom. The number of hydrogen-bond donors (Lipinski definition) is 6. The smallest absolute Gasteiger partial charge is 0.335 e. The van der Waals surface area contributed by atoms with Crippen LogP contribution in [0.5, 0.6) is 0 Å². The summed E-state index contributed by atoms with van der Waals surface area (Å²) in [5.74, 6) is -1.02. The molecule has 0 aliphatic carbocycles. The van der Waals surface area contributed by atoms with E-state index in [-0.39, 0.29) is 56.4 Å². The summed E-state index contributed by atoms with van der Waals surface area (Å²) in [4.78, 5) is 23.0. The number of nitrogens with one attached hydrogen (secondary N) is 2. The minimum absolute atomic E-state index is 0.000262. The van der Waals surface area contributed by atoms with Gasteiger partial charge in [0.2, 0.25) is 11.9 Å². The Hall–Kier alpha value is -5.57. The molecule has 1 heterocycles. The van der Waals surface area contributed by atoms with E-state index in [4.69, 9.17) is 0 Å². The van der Waals surface area contributed by atoms with Gasteiger partial charge in [0.05, 0.1) is 10.5 Å². The molecule has 50 heavy (non-hydrogen) atoms. The van der Waals surface area contributed by atoms with Crippen molar-refractivity contribution in [1.29, 1.82) is 0 Å². The van der Waals surface area contributed by atoms with Gasteiger partial charge in [-0.3, -0.25) is 13.7 Å². The molecule has 6 rings (SSSR count). The summed E-state index contributed by atoms with van der Waals surface area (Å²) in [6, 6.07) is 20.8. The molecule has 0 atom stereocenters. The molecule has 0 bridgehead atoms. The number of rotatable bonds is 10. The maximum atomic E-state index is 12.0. The highest BCUT2D eigenvalue weighted by molar-refractivity contribution is 7.87. The molecule has 0 saturated carbocycles. The highest BCUT2D eigenvalue weighted by Gasteiger charge is 2.21. The van der Waals surface area contributed by atoms with Crippen molar-refractivity contribution in [2.45, 2.75) is 21.1 Å². The fourth-order valence-corrected chi connectivity index (χ4v) is 7.24. The Morgan fingerprint density at radius 2 is 1.18 bits per heavy atom. The highest BCUT2D eigenvalue weighted by Crippen LogP contribution is 2.31. The summed E-state index contributed by atoms with van der Waals surface area (Å²) in [6.07, 6.45) is 0.0512. The van der Waals surface area contributed by atoms with Crippen molar-refractivity contribution in [3.05, 3.63) is 108 Å². The monoisotopic (exact) mass is 737 g/mol. The van der Waals surface area contributed by atoms with Crippen molar-refractivity contribution in [3.63, 3.8) is 0 Å². The summed E-state index contributed by atoms with van der Waals surface area (Å²) >= 11 is 0. The fraction of sp³-hybridized carbons (Fsp3) is 0.0323. The van der Waals surface area contributed by atoms with Crippen molar-refractivity contribution in [2.75, 3.05) is 10.6 Å². The molecule has 5 aromatic carbocycles. The zero-order valence-electron chi connectivity index (χ0n) is 25.1. The average molecular weight is 738 g/mol. The molecule has 16 nitrogen and oxygen atoms in total. The Balaban J connectivity index is 1.42. The number of nitrogens with zero attached hydrogens (tertiary/aromatic N) is 3. The molecule has 0 saturated heterocycles. The summed E-state index contributed by atoms with van der Waals surface area (Å²) in [6.45, 7) is 0. The number of carboxylic acids is 1. The van der Waals surface area contributed by atoms with Crippen LogP contribution < -0.4 is 10.6 Å². The fourth-order valence-electron chi connectivity index (χ4n) is 5.17. The van der Waals surface area contributed by atoms with Crippen LogP contribution >= 0.6 is 0 Å². The first-order chi connectivity index (χ1) is 23.4. The van der Waals surface area contributed by atoms with E-state index in [2.05, 4.69) is 25.6 Å². The summed E-state index contributed by atoms with van der Waals surface area (Å²) in [5.41, 5.74) is 1.24. The number of aromatic nitrogens is 3. The quantitative estimate of drug-likeness (QED) is 0.104. The van der Waals surface area contributed by atoms with Crippen LogP contribution in [0.15, 0.2) is 106 Å². The summed E-state index contributed by atoms with van der Waals surface area (Å²) in [5, 5.41) is 16.1. The van der Waals surface area contributed by atoms with E-state index in [1.54, 1.807) is 24.3 Å². The van der Waals surface area contributed by atoms with Crippen molar-refractivity contribution < 1.29 is 48.8 Å². The lowest BCUT2D eigenvalue weighted by atomic mass is 10.1. The third-order valence-corrected chi connectivity index (χ3v) is 9.95. The molecular formula is C31H23N5O11S3. The second kappa shape index (κ2) is 12.7. The Bertz CT molecular complexity index is 2710. The molecule has 0 aliphatic heterocycles. The maximum absolute atomic E-state index is 12.0. The lowest BCUT2D eigenvalue weighted by molar-refractivity contribution is 0.0696. The predicted molar refractivity (Wildman–Crippen MR) is 180 cm³/mol. The van der Waals surface area contributed by atoms with Gasteiger partial charge in [-0.05, 0) is 70.9 Å². The molecule has 0 amide bonds. The van der Waals surface area contributed by atoms with E-state index in [1.165, 1.54) is 54.6 Å². The molecule has 1 aromatic heterocycles. The van der Waals surface area contributed by atoms with Crippen LogP contribution in [0.4, 0.5) is 23.3 Å². The Morgan fingerprint density at radius 1 is 0.600 bits per heavy atom. The van der Waals surface area contributed by atoms with Crippen LogP contribution in [0.1, 0.15) is 21.7 Å². The van der Waals surface area contributed by atoms with Gasteiger partial charge in [-0.15, -0.1) is 0 Å². The molecule has 0 radical (unpaired) electrons. The van der Waals surface area contributed by atoms with Crippen LogP contribution in [-0.4, -0.2) is 64.9 Å². The molecular weight excluding hydrogens is 715 g/mol. The van der Waals surface area contributed by atoms with E-state index in [1.807, 2.05) is 0 Å². The number of benzene rings is 5. The summed E-state index contributed by atoms with van der Waals surface area (Å²) in [7, 11) is -14.3. The van der Waals surface area contributed by atoms with Crippen molar-refractivity contribution in [3.8, 4) is 0 Å². The van der Waals surface area contributed by atoms with E-state index < -0.39 is 46.1 Å². The third kappa shape index (κ3) is 7.52. The lowest BCUT2D eigenvalue weighted by Gasteiger charge is -2.13. The minimum Gasteiger partial charge on any atom is -0.478 e. The molecule has 0 aliphatic rings. The molecule has 0 spiro atoms. The van der Waals surface area contributed by atoms with Gasteiger partial charge < -0.3 is 15.7 Å². The molecule has 0 unspecified atom stereocenters. The van der Waals surface area contributed by atoms with E-state index >= 15 is 0 Å². The number of aromatic carboxylic acids is 1. The number of carbonyl (C=O) groups is 1. The van der Waals surface area contributed by atoms with Crippen LogP contribution in [0, 0.1) is 0 Å². The lowest BCUT2D eigenvalue weighted by Crippen LogP contribution is -2.09. The molecule has 19 heteroatoms. The molecule has 0 fully saturated rings.